The molecule has 0 bridgehead atoms. The zero-order valence-corrected chi connectivity index (χ0v) is 12.8. The van der Waals surface area contributed by atoms with E-state index in [0.29, 0.717) is 43.4 Å². The summed E-state index contributed by atoms with van der Waals surface area (Å²) in [5, 5.41) is 0. The second-order valence-electron chi connectivity index (χ2n) is 4.41. The number of nitrogens with zero attached hydrogens (tertiary/aromatic N) is 2. The van der Waals surface area contributed by atoms with Crippen molar-refractivity contribution in [1.29, 1.82) is 0 Å². The molecular formula is C14H23N3O4. The lowest BCUT2D eigenvalue weighted by Crippen LogP contribution is -2.31. The molecule has 0 saturated carbocycles. The number of aromatic nitrogens is 1. The molecule has 0 aliphatic rings. The van der Waals surface area contributed by atoms with Crippen LogP contribution in [0.25, 0.3) is 0 Å². The Bertz CT molecular complexity index is 454. The second kappa shape index (κ2) is 9.15. The molecule has 0 fully saturated rings. The van der Waals surface area contributed by atoms with Crippen LogP contribution in [0.5, 0.6) is 0 Å². The van der Waals surface area contributed by atoms with Gasteiger partial charge in [0.2, 0.25) is 0 Å². The predicted molar refractivity (Wildman–Crippen MR) is 80.6 cm³/mol. The van der Waals surface area contributed by atoms with Gasteiger partial charge in [-0.3, -0.25) is 0 Å². The molecule has 1 aromatic rings. The number of nitrogens with two attached hydrogens (primary N) is 1. The number of hydrogen-bond acceptors (Lipinski definition) is 7. The minimum absolute atomic E-state index is 0.316. The third-order valence-corrected chi connectivity index (χ3v) is 3.02. The molecule has 1 heterocycles. The molecule has 0 saturated heterocycles. The van der Waals surface area contributed by atoms with Crippen LogP contribution in [0.1, 0.15) is 16.8 Å². The van der Waals surface area contributed by atoms with E-state index in [1.807, 2.05) is 4.90 Å². The quantitative estimate of drug-likeness (QED) is 0.536. The summed E-state index contributed by atoms with van der Waals surface area (Å²) in [5.41, 5.74) is 6.69. The molecule has 7 nitrogen and oxygen atoms in total. The van der Waals surface area contributed by atoms with Gasteiger partial charge in [-0.2, -0.15) is 0 Å². The Hall–Kier alpha value is -1.86. The smallest absolute Gasteiger partial charge is 0.340 e. The molecule has 7 heteroatoms. The van der Waals surface area contributed by atoms with Crippen molar-refractivity contribution in [3.63, 3.8) is 0 Å². The highest BCUT2D eigenvalue weighted by Gasteiger charge is 2.18. The summed E-state index contributed by atoms with van der Waals surface area (Å²) < 4.78 is 14.9. The monoisotopic (exact) mass is 297 g/mol. The van der Waals surface area contributed by atoms with Crippen LogP contribution in [0, 0.1) is 0 Å². The van der Waals surface area contributed by atoms with Crippen molar-refractivity contribution in [2.24, 2.45) is 0 Å². The number of carbonyl (C=O) groups is 1. The Kier molecular flexibility index (Phi) is 7.49. The number of carbonyl (C=O) groups excluding carboxylic acids is 1. The van der Waals surface area contributed by atoms with Gasteiger partial charge in [-0.05, 0) is 12.5 Å². The van der Waals surface area contributed by atoms with Crippen molar-refractivity contribution in [3.8, 4) is 0 Å². The van der Waals surface area contributed by atoms with Gasteiger partial charge < -0.3 is 24.8 Å². The first-order valence-electron chi connectivity index (χ1n) is 6.71. The largest absolute Gasteiger partial charge is 0.465 e. The summed E-state index contributed by atoms with van der Waals surface area (Å²) in [6.07, 6.45) is 2.37. The number of hydrogen-bond donors (Lipinski definition) is 1. The van der Waals surface area contributed by atoms with Crippen molar-refractivity contribution in [1.82, 2.24) is 4.98 Å². The summed E-state index contributed by atoms with van der Waals surface area (Å²) in [4.78, 5) is 18.0. The van der Waals surface area contributed by atoms with Gasteiger partial charge in [-0.1, -0.05) is 0 Å². The van der Waals surface area contributed by atoms with E-state index in [4.69, 9.17) is 19.9 Å². The van der Waals surface area contributed by atoms with Crippen molar-refractivity contribution >= 4 is 17.5 Å². The fourth-order valence-electron chi connectivity index (χ4n) is 1.93. The Morgan fingerprint density at radius 1 is 1.24 bits per heavy atom. The number of anilines is 2. The lowest BCUT2D eigenvalue weighted by Gasteiger charge is -2.25. The van der Waals surface area contributed by atoms with Crippen LogP contribution >= 0.6 is 0 Å². The first-order chi connectivity index (χ1) is 10.2. The average Bonchev–Trinajstić information content (AvgIpc) is 2.50. The van der Waals surface area contributed by atoms with E-state index >= 15 is 0 Å². The maximum absolute atomic E-state index is 11.7. The molecule has 0 unspecified atom stereocenters. The van der Waals surface area contributed by atoms with E-state index in [0.717, 1.165) is 6.42 Å². The molecule has 1 aromatic heterocycles. The van der Waals surface area contributed by atoms with Crippen LogP contribution in [0.2, 0.25) is 0 Å². The standard InChI is InChI=1S/C14H23N3O4/c1-19-9-4-7-17(8-10-20-2)13-12(15)11(5-6-16-13)14(18)21-3/h5-6H,4,7-10,15H2,1-3H3. The Balaban J connectivity index is 2.97. The number of esters is 1. The molecule has 2 N–H and O–H groups in total. The number of methoxy groups -OCH3 is 3. The molecule has 1 rings (SSSR count). The van der Waals surface area contributed by atoms with E-state index in [2.05, 4.69) is 4.98 Å². The maximum Gasteiger partial charge on any atom is 0.340 e. The molecule has 0 amide bonds. The van der Waals surface area contributed by atoms with Crippen molar-refractivity contribution < 1.29 is 19.0 Å². The van der Waals surface area contributed by atoms with Gasteiger partial charge in [0, 0.05) is 40.1 Å². The Morgan fingerprint density at radius 3 is 2.57 bits per heavy atom. The molecule has 21 heavy (non-hydrogen) atoms. The second-order valence-corrected chi connectivity index (χ2v) is 4.41. The zero-order chi connectivity index (χ0) is 15.7. The highest BCUT2D eigenvalue weighted by Crippen LogP contribution is 2.24. The molecule has 118 valence electrons. The van der Waals surface area contributed by atoms with Crippen LogP contribution in [0.3, 0.4) is 0 Å². The zero-order valence-electron chi connectivity index (χ0n) is 12.8. The SMILES string of the molecule is COCCCN(CCOC)c1nccc(C(=O)OC)c1N. The van der Waals surface area contributed by atoms with E-state index in [1.54, 1.807) is 26.5 Å². The molecule has 0 atom stereocenters. The molecular weight excluding hydrogens is 274 g/mol. The number of ether oxygens (including phenoxy) is 3. The molecule has 0 aliphatic carbocycles. The normalized spacial score (nSPS) is 10.4. The minimum Gasteiger partial charge on any atom is -0.465 e. The van der Waals surface area contributed by atoms with Crippen molar-refractivity contribution in [2.75, 3.05) is 58.3 Å². The van der Waals surface area contributed by atoms with E-state index < -0.39 is 5.97 Å². The summed E-state index contributed by atoms with van der Waals surface area (Å²) in [7, 11) is 4.61. The first kappa shape index (κ1) is 17.2. The topological polar surface area (TPSA) is 86.9 Å². The predicted octanol–water partition coefficient (Wildman–Crippen LogP) is 0.940. The fourth-order valence-corrected chi connectivity index (χ4v) is 1.93. The van der Waals surface area contributed by atoms with Gasteiger partial charge in [0.1, 0.15) is 0 Å². The van der Waals surface area contributed by atoms with Gasteiger partial charge in [0.15, 0.2) is 5.82 Å². The average molecular weight is 297 g/mol. The summed E-state index contributed by atoms with van der Waals surface area (Å²) >= 11 is 0. The molecule has 0 aliphatic heterocycles. The lowest BCUT2D eigenvalue weighted by atomic mass is 10.2. The van der Waals surface area contributed by atoms with Crippen molar-refractivity contribution in [3.05, 3.63) is 17.8 Å². The summed E-state index contributed by atoms with van der Waals surface area (Å²) in [6.45, 7) is 2.51. The summed E-state index contributed by atoms with van der Waals surface area (Å²) in [5.74, 6) is 0.0887. The van der Waals surface area contributed by atoms with E-state index in [1.165, 1.54) is 7.11 Å². The first-order valence-corrected chi connectivity index (χ1v) is 6.71. The third-order valence-electron chi connectivity index (χ3n) is 3.02. The van der Waals surface area contributed by atoms with E-state index in [-0.39, 0.29) is 0 Å². The van der Waals surface area contributed by atoms with Gasteiger partial charge in [-0.15, -0.1) is 0 Å². The van der Waals surface area contributed by atoms with Crippen LogP contribution in [0.4, 0.5) is 11.5 Å². The number of rotatable bonds is 9. The number of pyridine rings is 1. The van der Waals surface area contributed by atoms with E-state index in [9.17, 15) is 4.79 Å². The fraction of sp³-hybridized carbons (Fsp3) is 0.571. The Labute approximate surface area is 125 Å². The summed E-state index contributed by atoms with van der Waals surface area (Å²) in [6, 6.07) is 1.55. The van der Waals surface area contributed by atoms with Gasteiger partial charge in [0.05, 0.1) is 25.0 Å². The highest BCUT2D eigenvalue weighted by molar-refractivity contribution is 5.97. The lowest BCUT2D eigenvalue weighted by molar-refractivity contribution is 0.0602. The van der Waals surface area contributed by atoms with Gasteiger partial charge >= 0.3 is 5.97 Å². The van der Waals surface area contributed by atoms with Gasteiger partial charge in [0.25, 0.3) is 0 Å². The van der Waals surface area contributed by atoms with Crippen LogP contribution in [0.15, 0.2) is 12.3 Å². The highest BCUT2D eigenvalue weighted by atomic mass is 16.5. The van der Waals surface area contributed by atoms with Crippen LogP contribution in [-0.4, -0.2) is 58.6 Å². The third kappa shape index (κ3) is 4.87. The maximum atomic E-state index is 11.7. The van der Waals surface area contributed by atoms with Crippen molar-refractivity contribution in [2.45, 2.75) is 6.42 Å². The van der Waals surface area contributed by atoms with Crippen LogP contribution < -0.4 is 10.6 Å². The minimum atomic E-state index is -0.472. The molecule has 0 spiro atoms. The molecule has 0 radical (unpaired) electrons. The van der Waals surface area contributed by atoms with Gasteiger partial charge in [-0.25, -0.2) is 9.78 Å². The molecule has 0 aromatic carbocycles. The number of nitrogen functional groups attached to an aromatic ring is 1. The Morgan fingerprint density at radius 2 is 1.95 bits per heavy atom. The van der Waals surface area contributed by atoms with Crippen LogP contribution in [-0.2, 0) is 14.2 Å².